The second-order valence-corrected chi connectivity index (χ2v) is 9.51. The van der Waals surface area contributed by atoms with E-state index in [4.69, 9.17) is 4.98 Å². The van der Waals surface area contributed by atoms with Crippen LogP contribution in [-0.2, 0) is 5.41 Å². The minimum Gasteiger partial charge on any atom is -0.295 e. The Morgan fingerprint density at radius 3 is 2.30 bits per heavy atom. The Kier molecular flexibility index (Phi) is 4.02. The highest BCUT2D eigenvalue weighted by molar-refractivity contribution is 5.88. The van der Waals surface area contributed by atoms with E-state index < -0.39 is 0 Å². The molecule has 1 aliphatic carbocycles. The third kappa shape index (κ3) is 2.46. The summed E-state index contributed by atoms with van der Waals surface area (Å²) in [5, 5.41) is 0. The molecule has 0 amide bonds. The fourth-order valence-corrected chi connectivity index (χ4v) is 5.67. The first-order valence-electron chi connectivity index (χ1n) is 10.9. The highest BCUT2D eigenvalue weighted by atomic mass is 15.1. The van der Waals surface area contributed by atoms with Crippen molar-refractivity contribution in [2.24, 2.45) is 5.92 Å². The first-order chi connectivity index (χ1) is 14.2. The summed E-state index contributed by atoms with van der Waals surface area (Å²) in [4.78, 5) is 5.08. The zero-order chi connectivity index (χ0) is 21.4. The predicted octanol–water partition coefficient (Wildman–Crippen LogP) is 7.02. The van der Waals surface area contributed by atoms with Gasteiger partial charge in [0.25, 0.3) is 0 Å². The molecule has 0 radical (unpaired) electrons. The van der Waals surface area contributed by atoms with Crippen molar-refractivity contribution in [3.8, 4) is 16.9 Å². The first kappa shape index (κ1) is 19.1. The van der Waals surface area contributed by atoms with Gasteiger partial charge in [0.05, 0.1) is 23.0 Å². The van der Waals surface area contributed by atoms with Gasteiger partial charge in [-0.15, -0.1) is 0 Å². The molecule has 1 aliphatic heterocycles. The summed E-state index contributed by atoms with van der Waals surface area (Å²) in [7, 11) is 0. The molecule has 2 aliphatic rings. The van der Waals surface area contributed by atoms with Gasteiger partial charge in [0.1, 0.15) is 5.82 Å². The number of hydrogen-bond acceptors (Lipinski definition) is 1. The van der Waals surface area contributed by atoms with Crippen LogP contribution >= 0.6 is 0 Å². The fraction of sp³-hybridized carbons (Fsp3) is 0.321. The molecule has 152 valence electrons. The summed E-state index contributed by atoms with van der Waals surface area (Å²) in [5.74, 6) is 1.56. The molecule has 2 nitrogen and oxygen atoms in total. The largest absolute Gasteiger partial charge is 0.295 e. The monoisotopic (exact) mass is 394 g/mol. The van der Waals surface area contributed by atoms with E-state index in [2.05, 4.69) is 102 Å². The van der Waals surface area contributed by atoms with Crippen LogP contribution in [0.5, 0.6) is 0 Å². The van der Waals surface area contributed by atoms with Crippen molar-refractivity contribution in [1.29, 1.82) is 0 Å². The Morgan fingerprint density at radius 2 is 1.60 bits per heavy atom. The van der Waals surface area contributed by atoms with Crippen LogP contribution in [0.4, 0.5) is 0 Å². The highest BCUT2D eigenvalue weighted by Gasteiger charge is 2.45. The lowest BCUT2D eigenvalue weighted by molar-refractivity contribution is 0.612. The lowest BCUT2D eigenvalue weighted by Crippen LogP contribution is -2.36. The number of imidazole rings is 1. The Hall–Kier alpha value is -2.87. The van der Waals surface area contributed by atoms with Crippen LogP contribution in [0.2, 0.25) is 0 Å². The maximum absolute atomic E-state index is 5.08. The third-order valence-corrected chi connectivity index (χ3v) is 7.10. The van der Waals surface area contributed by atoms with Crippen molar-refractivity contribution < 1.29 is 0 Å². The first-order valence-corrected chi connectivity index (χ1v) is 10.9. The molecule has 0 fully saturated rings. The molecule has 3 aromatic rings. The molecule has 0 N–H and O–H groups in total. The number of hydrogen-bond donors (Lipinski definition) is 0. The zero-order valence-electron chi connectivity index (χ0n) is 19.1. The molecule has 2 heterocycles. The third-order valence-electron chi connectivity index (χ3n) is 7.10. The van der Waals surface area contributed by atoms with Crippen LogP contribution in [-0.4, -0.2) is 9.55 Å². The Balaban J connectivity index is 1.90. The van der Waals surface area contributed by atoms with Gasteiger partial charge in [-0.05, 0) is 75.8 Å². The quantitative estimate of drug-likeness (QED) is 0.405. The van der Waals surface area contributed by atoms with E-state index in [0.717, 1.165) is 5.82 Å². The normalized spacial score (nSPS) is 22.0. The Labute approximate surface area is 180 Å². The molecule has 2 aromatic carbocycles. The van der Waals surface area contributed by atoms with Crippen LogP contribution in [0.15, 0.2) is 54.3 Å². The van der Waals surface area contributed by atoms with E-state index in [1.54, 1.807) is 0 Å². The number of fused-ring (bicyclic) bond motifs is 6. The molecule has 30 heavy (non-hydrogen) atoms. The average Bonchev–Trinajstić information content (AvgIpc) is 3.09. The molecule has 0 saturated carbocycles. The van der Waals surface area contributed by atoms with Gasteiger partial charge in [-0.25, -0.2) is 4.98 Å². The molecular formula is C28H30N2. The van der Waals surface area contributed by atoms with Crippen molar-refractivity contribution in [3.63, 3.8) is 0 Å². The van der Waals surface area contributed by atoms with Crippen molar-refractivity contribution in [2.45, 2.75) is 53.9 Å². The second kappa shape index (κ2) is 6.31. The topological polar surface area (TPSA) is 17.8 Å². The van der Waals surface area contributed by atoms with Crippen molar-refractivity contribution >= 4 is 5.57 Å². The molecule has 5 rings (SSSR count). The lowest BCUT2D eigenvalue weighted by atomic mass is 9.66. The summed E-state index contributed by atoms with van der Waals surface area (Å²) in [6, 6.07) is 11.4. The summed E-state index contributed by atoms with van der Waals surface area (Å²) in [6.45, 7) is 15.7. The molecule has 2 unspecified atom stereocenters. The molecule has 2 heteroatoms. The second-order valence-electron chi connectivity index (χ2n) is 9.51. The van der Waals surface area contributed by atoms with Gasteiger partial charge >= 0.3 is 0 Å². The van der Waals surface area contributed by atoms with Gasteiger partial charge in [0.15, 0.2) is 0 Å². The van der Waals surface area contributed by atoms with Gasteiger partial charge in [0, 0.05) is 11.1 Å². The number of rotatable bonds is 1. The Morgan fingerprint density at radius 1 is 0.900 bits per heavy atom. The van der Waals surface area contributed by atoms with Crippen molar-refractivity contribution in [2.75, 3.05) is 0 Å². The van der Waals surface area contributed by atoms with Crippen LogP contribution in [0, 0.1) is 33.6 Å². The Bertz CT molecular complexity index is 1240. The maximum Gasteiger partial charge on any atom is 0.128 e. The minimum atomic E-state index is -0.209. The fourth-order valence-electron chi connectivity index (χ4n) is 5.67. The van der Waals surface area contributed by atoms with Crippen molar-refractivity contribution in [1.82, 2.24) is 9.55 Å². The molecule has 2 atom stereocenters. The molecular weight excluding hydrogens is 364 g/mol. The van der Waals surface area contributed by atoms with Gasteiger partial charge < -0.3 is 0 Å². The van der Waals surface area contributed by atoms with Gasteiger partial charge in [0.2, 0.25) is 0 Å². The highest BCUT2D eigenvalue weighted by Crippen LogP contribution is 2.53. The summed E-state index contributed by atoms with van der Waals surface area (Å²) < 4.78 is 2.43. The van der Waals surface area contributed by atoms with Gasteiger partial charge in [-0.1, -0.05) is 54.5 Å². The van der Waals surface area contributed by atoms with E-state index in [1.165, 1.54) is 55.9 Å². The molecule has 1 aromatic heterocycles. The van der Waals surface area contributed by atoms with Crippen molar-refractivity contribution in [3.05, 3.63) is 87.9 Å². The molecule has 0 spiro atoms. The lowest BCUT2D eigenvalue weighted by Gasteiger charge is -2.42. The number of nitrogens with zero attached hydrogens (tertiary/aromatic N) is 2. The SMILES string of the molecule is CC1=CC(C)C=C2c3ccc(C)cc3-n3c(-c4c(C)cc(C)cc4C)cnc3C12C. The smallest absolute Gasteiger partial charge is 0.128 e. The van der Waals surface area contributed by atoms with Crippen LogP contribution in [0.1, 0.15) is 54.4 Å². The van der Waals surface area contributed by atoms with Crippen LogP contribution < -0.4 is 0 Å². The standard InChI is InChI=1S/C28H30N2/c1-16-8-9-22-23-13-18(3)12-21(6)28(23,7)27-29-15-25(30(27)24(22)14-16)26-19(4)10-17(2)11-20(26)5/h8-15,18H,1-7H3. The van der Waals surface area contributed by atoms with E-state index in [1.807, 2.05) is 0 Å². The molecule has 0 saturated heterocycles. The number of aromatic nitrogens is 2. The summed E-state index contributed by atoms with van der Waals surface area (Å²) >= 11 is 0. The van der Waals surface area contributed by atoms with Crippen LogP contribution in [0.3, 0.4) is 0 Å². The van der Waals surface area contributed by atoms with E-state index >= 15 is 0 Å². The number of allylic oxidation sites excluding steroid dienone is 4. The van der Waals surface area contributed by atoms with Gasteiger partial charge in [-0.3, -0.25) is 4.57 Å². The predicted molar refractivity (Wildman–Crippen MR) is 126 cm³/mol. The number of aryl methyl sites for hydroxylation is 4. The summed E-state index contributed by atoms with van der Waals surface area (Å²) in [6.07, 6.45) is 6.91. The molecule has 0 bridgehead atoms. The summed E-state index contributed by atoms with van der Waals surface area (Å²) in [5.41, 5.74) is 12.8. The maximum atomic E-state index is 5.08. The van der Waals surface area contributed by atoms with E-state index in [-0.39, 0.29) is 5.41 Å². The van der Waals surface area contributed by atoms with E-state index in [0.29, 0.717) is 5.92 Å². The van der Waals surface area contributed by atoms with Gasteiger partial charge in [-0.2, -0.15) is 0 Å². The van der Waals surface area contributed by atoms with E-state index in [9.17, 15) is 0 Å². The zero-order valence-corrected chi connectivity index (χ0v) is 19.1. The average molecular weight is 395 g/mol. The number of benzene rings is 2. The van der Waals surface area contributed by atoms with Crippen LogP contribution in [0.25, 0.3) is 22.5 Å². The minimum absolute atomic E-state index is 0.209.